The Morgan fingerprint density at radius 3 is 2.65 bits per heavy atom. The molecule has 0 radical (unpaired) electrons. The van der Waals surface area contributed by atoms with Gasteiger partial charge in [-0.25, -0.2) is 0 Å². The van der Waals surface area contributed by atoms with Crippen LogP contribution in [0.1, 0.15) is 35.5 Å². The third-order valence-corrected chi connectivity index (χ3v) is 4.02. The van der Waals surface area contributed by atoms with E-state index in [1.54, 1.807) is 4.68 Å². The van der Waals surface area contributed by atoms with E-state index in [-0.39, 0.29) is 6.04 Å². The van der Waals surface area contributed by atoms with E-state index in [2.05, 4.69) is 28.4 Å². The highest BCUT2D eigenvalue weighted by atomic mass is 35.5. The number of hydrogen-bond donors (Lipinski definition) is 1. The largest absolute Gasteiger partial charge is 0.310 e. The maximum Gasteiger partial charge on any atom is 0.130 e. The van der Waals surface area contributed by atoms with Gasteiger partial charge in [-0.2, -0.15) is 5.10 Å². The molecule has 1 atom stereocenters. The molecule has 20 heavy (non-hydrogen) atoms. The average molecular weight is 293 g/mol. The van der Waals surface area contributed by atoms with Crippen molar-refractivity contribution in [3.8, 4) is 0 Å². The number of pyridine rings is 1. The second-order valence-electron chi connectivity index (χ2n) is 4.97. The van der Waals surface area contributed by atoms with Crippen molar-refractivity contribution in [3.63, 3.8) is 0 Å². The first kappa shape index (κ1) is 15.0. The van der Waals surface area contributed by atoms with Gasteiger partial charge in [0.2, 0.25) is 0 Å². The van der Waals surface area contributed by atoms with Gasteiger partial charge >= 0.3 is 0 Å². The lowest BCUT2D eigenvalue weighted by Gasteiger charge is -2.19. The number of halogens is 1. The van der Waals surface area contributed by atoms with Crippen molar-refractivity contribution in [2.75, 3.05) is 6.54 Å². The first-order valence-electron chi connectivity index (χ1n) is 6.87. The predicted octanol–water partition coefficient (Wildman–Crippen LogP) is 2.98. The summed E-state index contributed by atoms with van der Waals surface area (Å²) >= 11 is 6.34. The Morgan fingerprint density at radius 2 is 2.10 bits per heavy atom. The molecule has 108 valence electrons. The molecule has 0 amide bonds. The van der Waals surface area contributed by atoms with E-state index >= 15 is 0 Å². The standard InChI is InChI=1S/C15H21ClN4/c1-5-17-14(12-7-6-8-18-10(12)2)9-13-11(3)19-20(4)15(13)16/h6-8,14,17H,5,9H2,1-4H3. The van der Waals surface area contributed by atoms with Crippen LogP contribution in [0.5, 0.6) is 0 Å². The molecule has 0 bridgehead atoms. The lowest BCUT2D eigenvalue weighted by atomic mass is 9.98. The Kier molecular flexibility index (Phi) is 4.78. The predicted molar refractivity (Wildman–Crippen MR) is 82.1 cm³/mol. The van der Waals surface area contributed by atoms with Crippen molar-refractivity contribution in [3.05, 3.63) is 46.0 Å². The fourth-order valence-electron chi connectivity index (χ4n) is 2.51. The van der Waals surface area contributed by atoms with Gasteiger partial charge in [0.25, 0.3) is 0 Å². The minimum absolute atomic E-state index is 0.203. The second kappa shape index (κ2) is 6.37. The Morgan fingerprint density at radius 1 is 1.35 bits per heavy atom. The molecule has 0 spiro atoms. The van der Waals surface area contributed by atoms with Crippen LogP contribution in [0.3, 0.4) is 0 Å². The fourth-order valence-corrected chi connectivity index (χ4v) is 2.77. The second-order valence-corrected chi connectivity index (χ2v) is 5.33. The molecular weight excluding hydrogens is 272 g/mol. The van der Waals surface area contributed by atoms with Crippen molar-refractivity contribution >= 4 is 11.6 Å². The molecule has 5 heteroatoms. The third-order valence-electron chi connectivity index (χ3n) is 3.55. The highest BCUT2D eigenvalue weighted by Gasteiger charge is 2.19. The lowest BCUT2D eigenvalue weighted by molar-refractivity contribution is 0.544. The van der Waals surface area contributed by atoms with E-state index in [1.807, 2.05) is 33.2 Å². The molecule has 0 aliphatic rings. The Bertz CT molecular complexity index is 592. The lowest BCUT2D eigenvalue weighted by Crippen LogP contribution is -2.24. The summed E-state index contributed by atoms with van der Waals surface area (Å²) < 4.78 is 1.73. The maximum atomic E-state index is 6.34. The Hall–Kier alpha value is -1.39. The van der Waals surface area contributed by atoms with E-state index in [1.165, 1.54) is 5.56 Å². The van der Waals surface area contributed by atoms with Gasteiger partial charge < -0.3 is 5.32 Å². The van der Waals surface area contributed by atoms with Gasteiger partial charge in [0.05, 0.1) is 5.69 Å². The van der Waals surface area contributed by atoms with Crippen LogP contribution in [0.25, 0.3) is 0 Å². The first-order chi connectivity index (χ1) is 9.54. The molecule has 2 rings (SSSR count). The number of nitrogens with one attached hydrogen (secondary N) is 1. The molecule has 0 aromatic carbocycles. The average Bonchev–Trinajstić information content (AvgIpc) is 2.65. The van der Waals surface area contributed by atoms with Gasteiger partial charge in [-0.3, -0.25) is 9.67 Å². The van der Waals surface area contributed by atoms with Gasteiger partial charge in [-0.15, -0.1) is 0 Å². The Labute approximate surface area is 125 Å². The molecule has 0 saturated heterocycles. The number of rotatable bonds is 5. The number of hydrogen-bond acceptors (Lipinski definition) is 3. The molecule has 0 fully saturated rings. The zero-order valence-corrected chi connectivity index (χ0v) is 13.2. The van der Waals surface area contributed by atoms with Crippen molar-refractivity contribution in [1.29, 1.82) is 0 Å². The van der Waals surface area contributed by atoms with Gasteiger partial charge in [0.15, 0.2) is 0 Å². The smallest absolute Gasteiger partial charge is 0.130 e. The van der Waals surface area contributed by atoms with Crippen LogP contribution >= 0.6 is 11.6 Å². The van der Waals surface area contributed by atoms with Gasteiger partial charge in [0, 0.05) is 30.5 Å². The summed E-state index contributed by atoms with van der Waals surface area (Å²) in [7, 11) is 1.87. The molecule has 2 heterocycles. The van der Waals surface area contributed by atoms with Crippen LogP contribution in [0, 0.1) is 13.8 Å². The third kappa shape index (κ3) is 3.02. The SMILES string of the molecule is CCNC(Cc1c(C)nn(C)c1Cl)c1cccnc1C. The summed E-state index contributed by atoms with van der Waals surface area (Å²) in [5.41, 5.74) is 4.36. The quantitative estimate of drug-likeness (QED) is 0.921. The normalized spacial score (nSPS) is 12.7. The van der Waals surface area contributed by atoms with Gasteiger partial charge in [0.1, 0.15) is 5.15 Å². The summed E-state index contributed by atoms with van der Waals surface area (Å²) in [5.74, 6) is 0. The molecule has 2 aromatic rings. The molecule has 0 aliphatic heterocycles. The minimum Gasteiger partial charge on any atom is -0.310 e. The maximum absolute atomic E-state index is 6.34. The summed E-state index contributed by atoms with van der Waals surface area (Å²) in [6, 6.07) is 4.30. The number of aryl methyl sites for hydroxylation is 3. The van der Waals surface area contributed by atoms with Crippen molar-refractivity contribution in [2.45, 2.75) is 33.2 Å². The summed E-state index contributed by atoms with van der Waals surface area (Å²) in [4.78, 5) is 4.38. The first-order valence-corrected chi connectivity index (χ1v) is 7.25. The van der Waals surface area contributed by atoms with Crippen molar-refractivity contribution < 1.29 is 0 Å². The monoisotopic (exact) mass is 292 g/mol. The van der Waals surface area contributed by atoms with E-state index in [9.17, 15) is 0 Å². The van der Waals surface area contributed by atoms with Gasteiger partial charge in [-0.05, 0) is 38.4 Å². The summed E-state index contributed by atoms with van der Waals surface area (Å²) in [5, 5.41) is 8.61. The summed E-state index contributed by atoms with van der Waals surface area (Å²) in [6.45, 7) is 7.05. The molecule has 1 unspecified atom stereocenters. The fraction of sp³-hybridized carbons (Fsp3) is 0.467. The van der Waals surface area contributed by atoms with Crippen molar-refractivity contribution in [2.24, 2.45) is 7.05 Å². The van der Waals surface area contributed by atoms with Crippen molar-refractivity contribution in [1.82, 2.24) is 20.1 Å². The zero-order valence-electron chi connectivity index (χ0n) is 12.4. The van der Waals surface area contributed by atoms with Crippen LogP contribution in [0.4, 0.5) is 0 Å². The van der Waals surface area contributed by atoms with E-state index in [0.717, 1.165) is 29.9 Å². The molecule has 0 aliphatic carbocycles. The minimum atomic E-state index is 0.203. The highest BCUT2D eigenvalue weighted by molar-refractivity contribution is 6.30. The number of likely N-dealkylation sites (N-methyl/N-ethyl adjacent to an activating group) is 1. The molecule has 2 aromatic heterocycles. The van der Waals surface area contributed by atoms with E-state index < -0.39 is 0 Å². The topological polar surface area (TPSA) is 42.7 Å². The number of aromatic nitrogens is 3. The molecule has 1 N–H and O–H groups in total. The van der Waals surface area contributed by atoms with Crippen LogP contribution in [-0.2, 0) is 13.5 Å². The number of nitrogens with zero attached hydrogens (tertiary/aromatic N) is 3. The van der Waals surface area contributed by atoms with Crippen LogP contribution in [0.15, 0.2) is 18.3 Å². The van der Waals surface area contributed by atoms with E-state index in [0.29, 0.717) is 5.15 Å². The van der Waals surface area contributed by atoms with Gasteiger partial charge in [-0.1, -0.05) is 24.6 Å². The van der Waals surface area contributed by atoms with Crippen LogP contribution in [0.2, 0.25) is 5.15 Å². The van der Waals surface area contributed by atoms with E-state index in [4.69, 9.17) is 11.6 Å². The molecule has 0 saturated carbocycles. The molecule has 4 nitrogen and oxygen atoms in total. The van der Waals surface area contributed by atoms with Crippen LogP contribution in [-0.4, -0.2) is 21.3 Å². The zero-order chi connectivity index (χ0) is 14.7. The Balaban J connectivity index is 2.33. The highest BCUT2D eigenvalue weighted by Crippen LogP contribution is 2.26. The van der Waals surface area contributed by atoms with Crippen LogP contribution < -0.4 is 5.32 Å². The molecular formula is C15H21ClN4. The summed E-state index contributed by atoms with van der Waals surface area (Å²) in [6.07, 6.45) is 2.64.